The van der Waals surface area contributed by atoms with Crippen LogP contribution in [0.2, 0.25) is 5.02 Å². The third-order valence-electron chi connectivity index (χ3n) is 8.23. The van der Waals surface area contributed by atoms with E-state index in [-0.39, 0.29) is 41.4 Å². The number of amides is 2. The van der Waals surface area contributed by atoms with E-state index in [0.29, 0.717) is 31.2 Å². The molecule has 1 aliphatic carbocycles. The zero-order valence-corrected chi connectivity index (χ0v) is 23.3. The minimum atomic E-state index is -0.346. The van der Waals surface area contributed by atoms with Crippen molar-refractivity contribution in [3.63, 3.8) is 0 Å². The van der Waals surface area contributed by atoms with Crippen LogP contribution in [0.15, 0.2) is 65.3 Å². The van der Waals surface area contributed by atoms with Crippen molar-refractivity contribution in [3.8, 4) is 11.5 Å². The number of likely N-dealkylation sites (tertiary alicyclic amines) is 1. The van der Waals surface area contributed by atoms with E-state index in [4.69, 9.17) is 21.1 Å². The number of phenolic OH excluding ortho intramolecular Hbond substituents is 1. The van der Waals surface area contributed by atoms with Gasteiger partial charge in [0.05, 0.1) is 29.6 Å². The van der Waals surface area contributed by atoms with E-state index in [1.54, 1.807) is 12.1 Å². The fourth-order valence-corrected chi connectivity index (χ4v) is 6.55. The summed E-state index contributed by atoms with van der Waals surface area (Å²) in [5.41, 5.74) is 4.35. The van der Waals surface area contributed by atoms with Crippen LogP contribution in [0.4, 0.5) is 0 Å². The van der Waals surface area contributed by atoms with Crippen molar-refractivity contribution in [1.82, 2.24) is 4.90 Å². The van der Waals surface area contributed by atoms with E-state index < -0.39 is 0 Å². The summed E-state index contributed by atoms with van der Waals surface area (Å²) in [5.74, 6) is 0.0565. The summed E-state index contributed by atoms with van der Waals surface area (Å²) >= 11 is 6.35. The summed E-state index contributed by atoms with van der Waals surface area (Å²) in [6.07, 6.45) is 5.69. The molecule has 2 heterocycles. The first-order valence-corrected chi connectivity index (χ1v) is 14.3. The van der Waals surface area contributed by atoms with Gasteiger partial charge in [0.15, 0.2) is 0 Å². The monoisotopic (exact) mass is 549 g/mol. The van der Waals surface area contributed by atoms with Gasteiger partial charge in [0.2, 0.25) is 11.8 Å². The number of nitrogens with zero attached hydrogens (tertiary/aromatic N) is 1. The number of hydrogen-bond acceptors (Lipinski definition) is 5. The minimum Gasteiger partial charge on any atom is -0.508 e. The second-order valence-corrected chi connectivity index (χ2v) is 11.1. The fourth-order valence-electron chi connectivity index (χ4n) is 6.32. The number of benzene rings is 2. The van der Waals surface area contributed by atoms with Gasteiger partial charge in [0, 0.05) is 12.5 Å². The third kappa shape index (κ3) is 5.64. The summed E-state index contributed by atoms with van der Waals surface area (Å²) in [6.45, 7) is 5.41. The maximum atomic E-state index is 13.4. The Hall–Kier alpha value is -3.09. The van der Waals surface area contributed by atoms with Crippen LogP contribution >= 0.6 is 11.6 Å². The van der Waals surface area contributed by atoms with Crippen molar-refractivity contribution < 1.29 is 24.2 Å². The largest absolute Gasteiger partial charge is 0.508 e. The Morgan fingerprint density at radius 1 is 1.13 bits per heavy atom. The average molecular weight is 550 g/mol. The van der Waals surface area contributed by atoms with Gasteiger partial charge in [-0.3, -0.25) is 14.5 Å². The number of fused-ring (bicyclic) bond motifs is 3. The molecule has 3 aliphatic rings. The molecule has 2 saturated heterocycles. The first-order valence-electron chi connectivity index (χ1n) is 14.0. The van der Waals surface area contributed by atoms with E-state index in [2.05, 4.69) is 13.0 Å². The summed E-state index contributed by atoms with van der Waals surface area (Å²) < 4.78 is 12.5. The van der Waals surface area contributed by atoms with Crippen LogP contribution in [0.1, 0.15) is 51.5 Å². The van der Waals surface area contributed by atoms with E-state index in [9.17, 15) is 14.7 Å². The topological polar surface area (TPSA) is 76.1 Å². The fraction of sp³-hybridized carbons (Fsp3) is 0.438. The van der Waals surface area contributed by atoms with Gasteiger partial charge in [-0.15, -0.1) is 0 Å². The highest BCUT2D eigenvalue weighted by atomic mass is 35.5. The molecule has 0 unspecified atom stereocenters. The number of phenols is 1. The molecule has 6 nitrogen and oxygen atoms in total. The number of rotatable bonds is 10. The van der Waals surface area contributed by atoms with E-state index in [0.717, 1.165) is 48.1 Å². The number of aromatic hydroxyl groups is 1. The number of carbonyl (C=O) groups excluding carboxylic acids is 2. The van der Waals surface area contributed by atoms with Gasteiger partial charge in [0.25, 0.3) is 0 Å². The molecule has 0 bridgehead atoms. The number of carbonyl (C=O) groups is 2. The van der Waals surface area contributed by atoms with Crippen LogP contribution in [-0.2, 0) is 14.3 Å². The molecule has 1 N–H and O–H groups in total. The van der Waals surface area contributed by atoms with Crippen LogP contribution in [0.5, 0.6) is 11.5 Å². The highest BCUT2D eigenvalue weighted by Gasteiger charge is 2.56. The minimum absolute atomic E-state index is 0.0438. The maximum absolute atomic E-state index is 13.4. The Morgan fingerprint density at radius 2 is 1.92 bits per heavy atom. The molecule has 5 rings (SSSR count). The first kappa shape index (κ1) is 27.5. The lowest BCUT2D eigenvalue weighted by Gasteiger charge is -2.31. The summed E-state index contributed by atoms with van der Waals surface area (Å²) in [7, 11) is 0. The Labute approximate surface area is 235 Å². The van der Waals surface area contributed by atoms with Crippen molar-refractivity contribution in [2.45, 2.75) is 52.1 Å². The lowest BCUT2D eigenvalue weighted by molar-refractivity contribution is -0.140. The Kier molecular flexibility index (Phi) is 8.43. The van der Waals surface area contributed by atoms with Crippen LogP contribution in [0.25, 0.3) is 6.08 Å². The van der Waals surface area contributed by atoms with Gasteiger partial charge in [-0.1, -0.05) is 55.3 Å². The predicted molar refractivity (Wildman–Crippen MR) is 151 cm³/mol. The molecule has 4 atom stereocenters. The normalized spacial score (nSPS) is 24.8. The van der Waals surface area contributed by atoms with Crippen LogP contribution < -0.4 is 4.74 Å². The molecule has 0 aromatic heterocycles. The quantitative estimate of drug-likeness (QED) is 0.273. The molecule has 2 aliphatic heterocycles. The average Bonchev–Trinajstić information content (AvgIpc) is 3.46. The number of imide groups is 1. The van der Waals surface area contributed by atoms with E-state index in [1.165, 1.54) is 10.5 Å². The van der Waals surface area contributed by atoms with Crippen molar-refractivity contribution >= 4 is 29.5 Å². The van der Waals surface area contributed by atoms with Crippen molar-refractivity contribution in [2.75, 3.05) is 19.8 Å². The number of ether oxygens (including phenoxy) is 2. The summed E-state index contributed by atoms with van der Waals surface area (Å²) in [5, 5.41) is 10.2. The summed E-state index contributed by atoms with van der Waals surface area (Å²) in [6, 6.07) is 14.7. The molecule has 2 aromatic rings. The lowest BCUT2D eigenvalue weighted by Crippen LogP contribution is -2.35. The maximum Gasteiger partial charge on any atom is 0.233 e. The SMILES string of the molecule is CCCN1C(=O)[C@@H]2[C@@H](CC(COc3ccccc3)=C3[C@@H](CC/C(=C/c4ccc(O)cc4Cl)CC)OC[C@@H]32)C1=O. The molecule has 2 fully saturated rings. The predicted octanol–water partition coefficient (Wildman–Crippen LogP) is 6.42. The molecule has 0 saturated carbocycles. The van der Waals surface area contributed by atoms with Gasteiger partial charge in [-0.2, -0.15) is 0 Å². The van der Waals surface area contributed by atoms with Gasteiger partial charge >= 0.3 is 0 Å². The molecule has 2 aromatic carbocycles. The second kappa shape index (κ2) is 12.0. The zero-order valence-electron chi connectivity index (χ0n) is 22.6. The number of halogens is 1. The first-order chi connectivity index (χ1) is 18.9. The zero-order chi connectivity index (χ0) is 27.5. The number of hydrogen-bond donors (Lipinski definition) is 1. The highest BCUT2D eigenvalue weighted by molar-refractivity contribution is 6.32. The third-order valence-corrected chi connectivity index (χ3v) is 8.56. The number of para-hydroxylation sites is 1. The van der Waals surface area contributed by atoms with Gasteiger partial charge in [-0.05, 0) is 79.1 Å². The Balaban J connectivity index is 1.40. The molecular weight excluding hydrogens is 514 g/mol. The number of allylic oxidation sites excluding steroid dienone is 1. The second-order valence-electron chi connectivity index (χ2n) is 10.7. The molecule has 2 amide bonds. The van der Waals surface area contributed by atoms with Gasteiger partial charge in [0.1, 0.15) is 18.1 Å². The van der Waals surface area contributed by atoms with Crippen molar-refractivity contribution in [1.29, 1.82) is 0 Å². The summed E-state index contributed by atoms with van der Waals surface area (Å²) in [4.78, 5) is 28.1. The van der Waals surface area contributed by atoms with E-state index >= 15 is 0 Å². The van der Waals surface area contributed by atoms with Crippen LogP contribution in [0.3, 0.4) is 0 Å². The van der Waals surface area contributed by atoms with Crippen LogP contribution in [-0.4, -0.2) is 47.7 Å². The van der Waals surface area contributed by atoms with Gasteiger partial charge < -0.3 is 14.6 Å². The lowest BCUT2D eigenvalue weighted by atomic mass is 9.69. The van der Waals surface area contributed by atoms with Crippen molar-refractivity contribution in [2.24, 2.45) is 17.8 Å². The molecular formula is C32H36ClNO5. The smallest absolute Gasteiger partial charge is 0.233 e. The molecule has 0 radical (unpaired) electrons. The van der Waals surface area contributed by atoms with E-state index in [1.807, 2.05) is 43.3 Å². The van der Waals surface area contributed by atoms with Crippen molar-refractivity contribution in [3.05, 3.63) is 75.8 Å². The highest BCUT2D eigenvalue weighted by Crippen LogP contribution is 2.50. The molecule has 206 valence electrons. The molecule has 39 heavy (non-hydrogen) atoms. The Morgan fingerprint density at radius 3 is 2.64 bits per heavy atom. The van der Waals surface area contributed by atoms with Gasteiger partial charge in [-0.25, -0.2) is 0 Å². The van der Waals surface area contributed by atoms with Crippen LogP contribution in [0, 0.1) is 17.8 Å². The molecule has 0 spiro atoms. The standard InChI is InChI=1S/C32H36ClNO5/c1-3-14-34-31(36)25-16-22(18-38-24-8-6-5-7-9-24)29-26(30(25)32(34)37)19-39-28(29)13-10-20(4-2)15-21-11-12-23(35)17-27(21)33/h5-9,11-12,15,17,25-26,28,30,35H,3-4,10,13-14,16,18-19H2,1-2H3/b20-15+/t25-,26+,28-,30-/m1/s1. The Bertz CT molecular complexity index is 1290. The molecule has 7 heteroatoms.